The molecule has 7 heteroatoms. The van der Waals surface area contributed by atoms with Crippen molar-refractivity contribution >= 4 is 12.3 Å². The second-order valence-corrected chi connectivity index (χ2v) is 5.77. The number of rotatable bonds is 6. The molecule has 0 atom stereocenters. The van der Waals surface area contributed by atoms with Crippen LogP contribution in [0.1, 0.15) is 30.1 Å². The SMILES string of the molecule is CCOC(=O)C1CC(Oc2ncc(-c3ccc(C=O)c(F)c3)cn2)C1. The summed E-state index contributed by atoms with van der Waals surface area (Å²) in [5.74, 6) is -0.907. The lowest BCUT2D eigenvalue weighted by atomic mass is 9.82. The highest BCUT2D eigenvalue weighted by molar-refractivity contribution is 5.77. The lowest BCUT2D eigenvalue weighted by Gasteiger charge is -2.32. The van der Waals surface area contributed by atoms with Crippen LogP contribution in [0.2, 0.25) is 0 Å². The zero-order valence-electron chi connectivity index (χ0n) is 13.6. The summed E-state index contributed by atoms with van der Waals surface area (Å²) in [6, 6.07) is 4.51. The summed E-state index contributed by atoms with van der Waals surface area (Å²) >= 11 is 0. The van der Waals surface area contributed by atoms with Crippen molar-refractivity contribution < 1.29 is 23.5 Å². The van der Waals surface area contributed by atoms with Crippen LogP contribution in [-0.4, -0.2) is 34.9 Å². The van der Waals surface area contributed by atoms with Crippen LogP contribution in [0.5, 0.6) is 6.01 Å². The van der Waals surface area contributed by atoms with Gasteiger partial charge in [-0.25, -0.2) is 14.4 Å². The van der Waals surface area contributed by atoms with Crippen molar-refractivity contribution in [3.8, 4) is 17.1 Å². The van der Waals surface area contributed by atoms with E-state index in [4.69, 9.17) is 9.47 Å². The minimum atomic E-state index is -0.590. The molecule has 1 aliphatic rings. The number of hydrogen-bond acceptors (Lipinski definition) is 6. The number of esters is 1. The molecule has 1 fully saturated rings. The molecule has 3 rings (SSSR count). The van der Waals surface area contributed by atoms with E-state index in [2.05, 4.69) is 9.97 Å². The van der Waals surface area contributed by atoms with Gasteiger partial charge in [-0.2, -0.15) is 0 Å². The Labute approximate surface area is 144 Å². The second kappa shape index (κ2) is 7.38. The Hall–Kier alpha value is -2.83. The predicted octanol–water partition coefficient (Wildman–Crippen LogP) is 2.82. The van der Waals surface area contributed by atoms with Crippen molar-refractivity contribution in [2.24, 2.45) is 5.92 Å². The van der Waals surface area contributed by atoms with Gasteiger partial charge < -0.3 is 9.47 Å². The van der Waals surface area contributed by atoms with Gasteiger partial charge in [-0.1, -0.05) is 6.07 Å². The number of halogens is 1. The highest BCUT2D eigenvalue weighted by atomic mass is 19.1. The average Bonchev–Trinajstić information content (AvgIpc) is 2.58. The summed E-state index contributed by atoms with van der Waals surface area (Å²) in [7, 11) is 0. The first-order valence-electron chi connectivity index (χ1n) is 8.01. The van der Waals surface area contributed by atoms with E-state index in [9.17, 15) is 14.0 Å². The lowest BCUT2D eigenvalue weighted by molar-refractivity contribution is -0.154. The van der Waals surface area contributed by atoms with Crippen LogP contribution in [0.3, 0.4) is 0 Å². The number of aldehydes is 1. The topological polar surface area (TPSA) is 78.4 Å². The van der Waals surface area contributed by atoms with Crippen LogP contribution < -0.4 is 4.74 Å². The number of ether oxygens (including phenoxy) is 2. The van der Waals surface area contributed by atoms with Gasteiger partial charge in [0.25, 0.3) is 0 Å². The quantitative estimate of drug-likeness (QED) is 0.592. The Bertz CT molecular complexity index is 773. The Kier molecular flexibility index (Phi) is 5.02. The summed E-state index contributed by atoms with van der Waals surface area (Å²) < 4.78 is 24.2. The number of hydrogen-bond donors (Lipinski definition) is 0. The predicted molar refractivity (Wildman–Crippen MR) is 86.6 cm³/mol. The normalized spacial score (nSPS) is 19.0. The molecule has 25 heavy (non-hydrogen) atoms. The Balaban J connectivity index is 1.59. The van der Waals surface area contributed by atoms with Gasteiger partial charge in [0.15, 0.2) is 6.29 Å². The largest absolute Gasteiger partial charge is 0.466 e. The van der Waals surface area contributed by atoms with E-state index in [0.29, 0.717) is 36.9 Å². The molecule has 1 aromatic carbocycles. The summed E-state index contributed by atoms with van der Waals surface area (Å²) in [6.45, 7) is 2.15. The van der Waals surface area contributed by atoms with E-state index >= 15 is 0 Å². The van der Waals surface area contributed by atoms with Crippen molar-refractivity contribution in [1.29, 1.82) is 0 Å². The van der Waals surface area contributed by atoms with Gasteiger partial charge in [-0.15, -0.1) is 0 Å². The van der Waals surface area contributed by atoms with Crippen LogP contribution >= 0.6 is 0 Å². The van der Waals surface area contributed by atoms with Crippen molar-refractivity contribution in [2.45, 2.75) is 25.9 Å². The monoisotopic (exact) mass is 344 g/mol. The molecule has 6 nitrogen and oxygen atoms in total. The third-order valence-electron chi connectivity index (χ3n) is 4.08. The minimum absolute atomic E-state index is 0.00533. The molecule has 0 radical (unpaired) electrons. The molecular formula is C18H17FN2O4. The van der Waals surface area contributed by atoms with E-state index in [1.54, 1.807) is 13.0 Å². The summed E-state index contributed by atoms with van der Waals surface area (Å²) in [5, 5.41) is 0. The van der Waals surface area contributed by atoms with Crippen molar-refractivity contribution in [1.82, 2.24) is 9.97 Å². The smallest absolute Gasteiger partial charge is 0.316 e. The Morgan fingerprint density at radius 1 is 1.28 bits per heavy atom. The van der Waals surface area contributed by atoms with Crippen LogP contribution in [0.4, 0.5) is 4.39 Å². The fraction of sp³-hybridized carbons (Fsp3) is 0.333. The molecule has 0 unspecified atom stereocenters. The first-order chi connectivity index (χ1) is 12.1. The minimum Gasteiger partial charge on any atom is -0.466 e. The zero-order chi connectivity index (χ0) is 17.8. The summed E-state index contributed by atoms with van der Waals surface area (Å²) in [6.07, 6.45) is 4.59. The molecule has 0 amide bonds. The molecule has 0 aliphatic heterocycles. The standard InChI is InChI=1S/C18H17FN2O4/c1-2-24-17(23)13-5-15(6-13)25-18-20-8-14(9-21-18)11-3-4-12(10-22)16(19)7-11/h3-4,7-10,13,15H,2,5-6H2,1H3. The average molecular weight is 344 g/mol. The van der Waals surface area contributed by atoms with Gasteiger partial charge in [-0.05, 0) is 37.5 Å². The van der Waals surface area contributed by atoms with Gasteiger partial charge in [0.05, 0.1) is 18.1 Å². The Morgan fingerprint density at radius 3 is 2.60 bits per heavy atom. The van der Waals surface area contributed by atoms with Gasteiger partial charge in [0.2, 0.25) is 0 Å². The maximum absolute atomic E-state index is 13.7. The molecule has 1 heterocycles. The van der Waals surface area contributed by atoms with E-state index in [0.717, 1.165) is 0 Å². The molecule has 0 spiro atoms. The first kappa shape index (κ1) is 17.0. The van der Waals surface area contributed by atoms with Crippen LogP contribution in [0.25, 0.3) is 11.1 Å². The van der Waals surface area contributed by atoms with E-state index in [1.165, 1.54) is 24.5 Å². The van der Waals surface area contributed by atoms with E-state index in [-0.39, 0.29) is 29.6 Å². The number of benzene rings is 1. The van der Waals surface area contributed by atoms with Crippen molar-refractivity contribution in [3.63, 3.8) is 0 Å². The molecular weight excluding hydrogens is 327 g/mol. The second-order valence-electron chi connectivity index (χ2n) is 5.77. The van der Waals surface area contributed by atoms with E-state index in [1.807, 2.05) is 0 Å². The highest BCUT2D eigenvalue weighted by Crippen LogP contribution is 2.31. The lowest BCUT2D eigenvalue weighted by Crippen LogP contribution is -2.39. The number of aromatic nitrogens is 2. The molecule has 2 aromatic rings. The third-order valence-corrected chi connectivity index (χ3v) is 4.08. The molecule has 0 saturated heterocycles. The maximum Gasteiger partial charge on any atom is 0.316 e. The van der Waals surface area contributed by atoms with Gasteiger partial charge >= 0.3 is 12.0 Å². The first-order valence-corrected chi connectivity index (χ1v) is 8.01. The fourth-order valence-electron chi connectivity index (χ4n) is 2.59. The van der Waals surface area contributed by atoms with Crippen LogP contribution in [0, 0.1) is 11.7 Å². The fourth-order valence-corrected chi connectivity index (χ4v) is 2.59. The number of nitrogens with zero attached hydrogens (tertiary/aromatic N) is 2. The maximum atomic E-state index is 13.7. The number of carbonyl (C=O) groups is 2. The molecule has 0 N–H and O–H groups in total. The molecule has 1 aliphatic carbocycles. The van der Waals surface area contributed by atoms with Gasteiger partial charge in [-0.3, -0.25) is 9.59 Å². The van der Waals surface area contributed by atoms with Crippen LogP contribution in [0.15, 0.2) is 30.6 Å². The van der Waals surface area contributed by atoms with Crippen molar-refractivity contribution in [3.05, 3.63) is 42.0 Å². The summed E-state index contributed by atoms with van der Waals surface area (Å²) in [4.78, 5) is 30.4. The summed E-state index contributed by atoms with van der Waals surface area (Å²) in [5.41, 5.74) is 1.19. The van der Waals surface area contributed by atoms with E-state index < -0.39 is 5.82 Å². The molecule has 1 saturated carbocycles. The molecule has 0 bridgehead atoms. The Morgan fingerprint density at radius 2 is 2.00 bits per heavy atom. The third kappa shape index (κ3) is 3.81. The number of carbonyl (C=O) groups excluding carboxylic acids is 2. The highest BCUT2D eigenvalue weighted by Gasteiger charge is 2.37. The molecule has 1 aromatic heterocycles. The van der Waals surface area contributed by atoms with Crippen molar-refractivity contribution in [2.75, 3.05) is 6.61 Å². The van der Waals surface area contributed by atoms with Gasteiger partial charge in [0, 0.05) is 18.0 Å². The van der Waals surface area contributed by atoms with Crippen LogP contribution in [-0.2, 0) is 9.53 Å². The van der Waals surface area contributed by atoms with Gasteiger partial charge in [0.1, 0.15) is 11.9 Å². The zero-order valence-corrected chi connectivity index (χ0v) is 13.6. The molecule has 130 valence electrons.